The third-order valence-electron chi connectivity index (χ3n) is 7.16. The number of nitrogens with zero attached hydrogens (tertiary/aromatic N) is 1. The Kier molecular flexibility index (Phi) is 5.80. The average Bonchev–Trinajstić information content (AvgIpc) is 3.29. The van der Waals surface area contributed by atoms with Crippen LogP contribution in [0.25, 0.3) is 22.5 Å². The quantitative estimate of drug-likeness (QED) is 0.268. The molecule has 36 heavy (non-hydrogen) atoms. The number of fused-ring (bicyclic) bond motifs is 1. The van der Waals surface area contributed by atoms with Crippen LogP contribution >= 0.6 is 0 Å². The van der Waals surface area contributed by atoms with Crippen LogP contribution in [-0.4, -0.2) is 17.6 Å². The highest BCUT2D eigenvalue weighted by molar-refractivity contribution is 5.83. The summed E-state index contributed by atoms with van der Waals surface area (Å²) in [6, 6.07) is 19.1. The topological polar surface area (TPSA) is 61.6 Å². The Hall–Kier alpha value is -3.93. The lowest BCUT2D eigenvalue weighted by molar-refractivity contribution is -0.144. The molecule has 1 saturated carbocycles. The van der Waals surface area contributed by atoms with E-state index >= 15 is 4.39 Å². The van der Waals surface area contributed by atoms with E-state index in [0.29, 0.717) is 30.1 Å². The molecule has 2 aliphatic rings. The molecule has 6 heteroatoms. The van der Waals surface area contributed by atoms with Crippen LogP contribution in [0.5, 0.6) is 5.75 Å². The number of oxazole rings is 1. The van der Waals surface area contributed by atoms with Gasteiger partial charge < -0.3 is 13.9 Å². The predicted octanol–water partition coefficient (Wildman–Crippen LogP) is 6.88. The van der Waals surface area contributed by atoms with Gasteiger partial charge in [0, 0.05) is 11.1 Å². The number of hydrogen-bond donors (Lipinski definition) is 0. The summed E-state index contributed by atoms with van der Waals surface area (Å²) in [7, 11) is 0. The van der Waals surface area contributed by atoms with Crippen LogP contribution in [0.4, 0.5) is 4.39 Å². The third-order valence-corrected chi connectivity index (χ3v) is 7.16. The first-order chi connectivity index (χ1) is 17.6. The van der Waals surface area contributed by atoms with Gasteiger partial charge in [0.15, 0.2) is 12.2 Å². The fourth-order valence-electron chi connectivity index (χ4n) is 5.36. The Morgan fingerprint density at radius 2 is 1.86 bits per heavy atom. The van der Waals surface area contributed by atoms with Crippen molar-refractivity contribution in [2.45, 2.75) is 38.2 Å². The number of ether oxygens (including phenoxy) is 2. The van der Waals surface area contributed by atoms with Crippen LogP contribution in [0.15, 0.2) is 77.7 Å². The van der Waals surface area contributed by atoms with Crippen molar-refractivity contribution in [2.75, 3.05) is 6.61 Å². The third kappa shape index (κ3) is 4.06. The number of esters is 1. The van der Waals surface area contributed by atoms with Gasteiger partial charge in [0.2, 0.25) is 0 Å². The van der Waals surface area contributed by atoms with Gasteiger partial charge in [0.1, 0.15) is 17.7 Å². The lowest BCUT2D eigenvalue weighted by Crippen LogP contribution is -2.07. The maximum atomic E-state index is 15.1. The first kappa shape index (κ1) is 22.5. The van der Waals surface area contributed by atoms with Crippen LogP contribution in [0.2, 0.25) is 0 Å². The number of benzene rings is 3. The summed E-state index contributed by atoms with van der Waals surface area (Å²) in [5, 5.41) is 0. The van der Waals surface area contributed by atoms with Crippen molar-refractivity contribution < 1.29 is 23.1 Å². The lowest BCUT2D eigenvalue weighted by Gasteiger charge is -2.17. The minimum absolute atomic E-state index is 0.0502. The van der Waals surface area contributed by atoms with Crippen LogP contribution in [0, 0.1) is 11.7 Å². The second kappa shape index (κ2) is 9.26. The van der Waals surface area contributed by atoms with Gasteiger partial charge in [-0.15, -0.1) is 0 Å². The Morgan fingerprint density at radius 1 is 1.06 bits per heavy atom. The molecule has 1 fully saturated rings. The molecule has 0 bridgehead atoms. The lowest BCUT2D eigenvalue weighted by atomic mass is 9.92. The highest BCUT2D eigenvalue weighted by atomic mass is 19.1. The van der Waals surface area contributed by atoms with Crippen molar-refractivity contribution in [3.8, 4) is 28.2 Å². The van der Waals surface area contributed by atoms with E-state index in [9.17, 15) is 4.79 Å². The zero-order valence-corrected chi connectivity index (χ0v) is 19.9. The van der Waals surface area contributed by atoms with Crippen LogP contribution in [0.1, 0.15) is 48.5 Å². The molecule has 3 atom stereocenters. The van der Waals surface area contributed by atoms with Gasteiger partial charge in [-0.25, -0.2) is 9.37 Å². The predicted molar refractivity (Wildman–Crippen MR) is 133 cm³/mol. The smallest absolute Gasteiger partial charge is 0.309 e. The minimum Gasteiger partial charge on any atom is -0.486 e. The van der Waals surface area contributed by atoms with Gasteiger partial charge in [0.25, 0.3) is 0 Å². The van der Waals surface area contributed by atoms with Gasteiger partial charge in [-0.1, -0.05) is 42.5 Å². The van der Waals surface area contributed by atoms with Crippen molar-refractivity contribution in [3.05, 3.63) is 95.8 Å². The Morgan fingerprint density at radius 3 is 2.61 bits per heavy atom. The summed E-state index contributed by atoms with van der Waals surface area (Å²) >= 11 is 0. The molecule has 4 aromatic rings. The second-order valence-electron chi connectivity index (χ2n) is 9.31. The molecule has 0 radical (unpaired) electrons. The van der Waals surface area contributed by atoms with E-state index in [2.05, 4.69) is 4.98 Å². The molecule has 0 amide bonds. The van der Waals surface area contributed by atoms with Crippen molar-refractivity contribution in [1.82, 2.24) is 4.98 Å². The largest absolute Gasteiger partial charge is 0.486 e. The van der Waals surface area contributed by atoms with E-state index in [0.717, 1.165) is 40.7 Å². The van der Waals surface area contributed by atoms with E-state index in [1.165, 1.54) is 12.5 Å². The summed E-state index contributed by atoms with van der Waals surface area (Å²) in [6.07, 6.45) is 4.98. The van der Waals surface area contributed by atoms with Crippen molar-refractivity contribution in [1.29, 1.82) is 0 Å². The van der Waals surface area contributed by atoms with Gasteiger partial charge in [-0.05, 0) is 72.6 Å². The molecule has 0 unspecified atom stereocenters. The summed E-state index contributed by atoms with van der Waals surface area (Å²) in [6.45, 7) is 2.23. The first-order valence-electron chi connectivity index (χ1n) is 12.4. The number of hydrogen-bond acceptors (Lipinski definition) is 5. The Labute approximate surface area is 208 Å². The molecule has 1 heterocycles. The molecule has 2 aliphatic carbocycles. The second-order valence-corrected chi connectivity index (χ2v) is 9.31. The van der Waals surface area contributed by atoms with E-state index in [1.54, 1.807) is 6.20 Å². The molecular formula is C30H26FNO4. The molecule has 1 aromatic heterocycles. The molecule has 0 aliphatic heterocycles. The zero-order chi connectivity index (χ0) is 24.6. The van der Waals surface area contributed by atoms with Crippen LogP contribution < -0.4 is 4.74 Å². The Balaban J connectivity index is 1.24. The Bertz CT molecular complexity index is 1400. The number of carbonyl (C=O) groups is 1. The normalized spacial score (nSPS) is 20.1. The number of carbonyl (C=O) groups excluding carboxylic acids is 1. The molecular weight excluding hydrogens is 457 g/mol. The van der Waals surface area contributed by atoms with Crippen molar-refractivity contribution in [3.63, 3.8) is 0 Å². The SMILES string of the molecule is CCOC(=O)[C@H]1C[C@@H]1c1ccc(O[C@@H]2CCc3c(-c4ccccc4-c4cnco4)ccc(F)c32)cc1. The maximum Gasteiger partial charge on any atom is 0.309 e. The van der Waals surface area contributed by atoms with Gasteiger partial charge in [-0.3, -0.25) is 4.79 Å². The summed E-state index contributed by atoms with van der Waals surface area (Å²) in [5.74, 6) is 1.15. The highest BCUT2D eigenvalue weighted by Gasteiger charge is 2.45. The van der Waals surface area contributed by atoms with Crippen LogP contribution in [-0.2, 0) is 16.0 Å². The fraction of sp³-hybridized carbons (Fsp3) is 0.267. The van der Waals surface area contributed by atoms with Gasteiger partial charge in [-0.2, -0.15) is 0 Å². The molecule has 182 valence electrons. The summed E-state index contributed by atoms with van der Waals surface area (Å²) < 4.78 is 32.1. The zero-order valence-electron chi connectivity index (χ0n) is 19.9. The van der Waals surface area contributed by atoms with Crippen molar-refractivity contribution >= 4 is 5.97 Å². The van der Waals surface area contributed by atoms with Crippen LogP contribution in [0.3, 0.4) is 0 Å². The van der Waals surface area contributed by atoms with E-state index in [-0.39, 0.29) is 29.7 Å². The molecule has 0 spiro atoms. The van der Waals surface area contributed by atoms with Gasteiger partial charge in [0.05, 0.1) is 18.7 Å². The summed E-state index contributed by atoms with van der Waals surface area (Å²) in [5.41, 5.74) is 5.58. The number of halogens is 1. The standard InChI is InChI=1S/C30H26FNO4/c1-2-34-30(33)25-15-24(25)18-7-9-19(10-8-18)36-27-14-12-23-21(11-13-26(31)29(23)27)20-5-3-4-6-22(20)28-16-32-17-35-28/h3-11,13,16-17,24-25,27H,2,12,14-15H2,1H3/t24-,25+,27-/m1/s1. The molecule has 5 nitrogen and oxygen atoms in total. The van der Waals surface area contributed by atoms with E-state index in [4.69, 9.17) is 13.9 Å². The molecule has 3 aromatic carbocycles. The van der Waals surface area contributed by atoms with Crippen molar-refractivity contribution in [2.24, 2.45) is 5.92 Å². The minimum atomic E-state index is -0.364. The monoisotopic (exact) mass is 483 g/mol. The number of rotatable bonds is 7. The molecule has 0 N–H and O–H groups in total. The highest BCUT2D eigenvalue weighted by Crippen LogP contribution is 2.49. The maximum absolute atomic E-state index is 15.1. The fourth-order valence-corrected chi connectivity index (χ4v) is 5.36. The van der Waals surface area contributed by atoms with E-state index in [1.807, 2.05) is 61.5 Å². The number of aromatic nitrogens is 1. The summed E-state index contributed by atoms with van der Waals surface area (Å²) in [4.78, 5) is 16.0. The first-order valence-corrected chi connectivity index (χ1v) is 12.4. The molecule has 0 saturated heterocycles. The van der Waals surface area contributed by atoms with E-state index < -0.39 is 0 Å². The molecule has 6 rings (SSSR count). The van der Waals surface area contributed by atoms with Gasteiger partial charge >= 0.3 is 5.97 Å². The average molecular weight is 484 g/mol.